The number of rotatable bonds is 13. The Morgan fingerprint density at radius 3 is 2.22 bits per heavy atom. The number of amides is 1. The fourth-order valence-electron chi connectivity index (χ4n) is 5.86. The molecule has 18 N–H and O–H groups in total. The van der Waals surface area contributed by atoms with Crippen LogP contribution in [0.1, 0.15) is 16.6 Å². The molecule has 278 valence electrons. The van der Waals surface area contributed by atoms with E-state index in [4.69, 9.17) is 46.7 Å². The molecule has 15 unspecified atom stereocenters. The van der Waals surface area contributed by atoms with Gasteiger partial charge in [0.25, 0.3) is 5.91 Å². The van der Waals surface area contributed by atoms with Gasteiger partial charge in [-0.05, 0) is 25.4 Å². The summed E-state index contributed by atoms with van der Waals surface area (Å²) in [4.78, 5) is 25.8. The molecule has 15 atom stereocenters. The van der Waals surface area contributed by atoms with Crippen LogP contribution < -0.4 is 39.3 Å². The number of likely N-dealkylation sites (N-methyl/N-ethyl adjacent to an activating group) is 1. The maximum atomic E-state index is 12.3. The van der Waals surface area contributed by atoms with Crippen LogP contribution in [-0.2, 0) is 23.8 Å². The number of nitrogens with two attached hydrogens (primary N) is 4. The Morgan fingerprint density at radius 1 is 0.959 bits per heavy atom. The highest BCUT2D eigenvalue weighted by Gasteiger charge is 2.61. The van der Waals surface area contributed by atoms with Gasteiger partial charge in [0.2, 0.25) is 0 Å². The number of hydrogen-bond acceptors (Lipinski definition) is 18. The molecule has 0 radical (unpaired) electrons. The van der Waals surface area contributed by atoms with Crippen molar-refractivity contribution in [1.82, 2.24) is 16.3 Å². The molecule has 0 bridgehead atoms. The molecule has 1 amide bonds. The van der Waals surface area contributed by atoms with E-state index in [1.807, 2.05) is 0 Å². The summed E-state index contributed by atoms with van der Waals surface area (Å²) in [5, 5.41) is 80.5. The van der Waals surface area contributed by atoms with Crippen molar-refractivity contribution >= 4 is 29.2 Å². The average Bonchev–Trinajstić information content (AvgIpc) is 3.67. The van der Waals surface area contributed by atoms with Gasteiger partial charge in [0.05, 0.1) is 23.6 Å². The molecular formula is C26H45N9O13S. The number of nitrogens with one attached hydrogen (secondary N) is 3. The van der Waals surface area contributed by atoms with Crippen molar-refractivity contribution in [3.63, 3.8) is 0 Å². The molecule has 4 rings (SSSR count). The van der Waals surface area contributed by atoms with Crippen LogP contribution in [0.4, 0.5) is 0 Å². The van der Waals surface area contributed by atoms with Crippen LogP contribution in [0.15, 0.2) is 27.5 Å². The Bertz CT molecular complexity index is 1290. The molecule has 23 heteroatoms. The summed E-state index contributed by atoms with van der Waals surface area (Å²) in [5.74, 6) is -1.58. The Balaban J connectivity index is 1.64. The van der Waals surface area contributed by atoms with Gasteiger partial charge in [-0.3, -0.25) is 15.1 Å². The zero-order chi connectivity index (χ0) is 36.2. The van der Waals surface area contributed by atoms with Crippen molar-refractivity contribution in [3.8, 4) is 0 Å². The van der Waals surface area contributed by atoms with Gasteiger partial charge in [0, 0.05) is 0 Å². The number of ether oxygens (including phenoxy) is 4. The Morgan fingerprint density at radius 2 is 1.63 bits per heavy atom. The third-order valence-electron chi connectivity index (χ3n) is 8.52. The molecular weight excluding hydrogens is 678 g/mol. The van der Waals surface area contributed by atoms with Gasteiger partial charge in [-0.2, -0.15) is 0 Å². The van der Waals surface area contributed by atoms with E-state index < -0.39 is 122 Å². The van der Waals surface area contributed by atoms with Gasteiger partial charge in [-0.25, -0.2) is 9.98 Å². The summed E-state index contributed by atoms with van der Waals surface area (Å²) in [6.07, 6.45) is -17.5. The number of carbonyl (C=O) groups is 1. The first kappa shape index (κ1) is 38.9. The van der Waals surface area contributed by atoms with Crippen molar-refractivity contribution in [1.29, 1.82) is 0 Å². The fraction of sp³-hybridized carbons (Fsp3) is 0.731. The molecule has 0 aromatic carbocycles. The van der Waals surface area contributed by atoms with E-state index >= 15 is 0 Å². The quantitative estimate of drug-likeness (QED) is 0.0389. The summed E-state index contributed by atoms with van der Waals surface area (Å²) >= 11 is 1.17. The minimum Gasteiger partial charge on any atom is -0.394 e. The summed E-state index contributed by atoms with van der Waals surface area (Å²) in [5.41, 5.74) is 24.5. The van der Waals surface area contributed by atoms with E-state index in [1.165, 1.54) is 25.3 Å². The Hall–Kier alpha value is -2.85. The van der Waals surface area contributed by atoms with E-state index in [0.29, 0.717) is 4.88 Å². The van der Waals surface area contributed by atoms with Crippen molar-refractivity contribution in [2.24, 2.45) is 32.9 Å². The number of thiophene rings is 1. The number of carbonyl (C=O) groups excluding carboxylic acids is 1. The van der Waals surface area contributed by atoms with Crippen LogP contribution in [0.25, 0.3) is 0 Å². The summed E-state index contributed by atoms with van der Waals surface area (Å²) < 4.78 is 23.9. The second-order valence-corrected chi connectivity index (χ2v) is 12.6. The number of hydrogen-bond donors (Lipinski definition) is 14. The van der Waals surface area contributed by atoms with Gasteiger partial charge < -0.3 is 82.9 Å². The summed E-state index contributed by atoms with van der Waals surface area (Å²) in [7, 11) is 1.44. The Labute approximate surface area is 283 Å². The van der Waals surface area contributed by atoms with Crippen LogP contribution >= 0.6 is 11.3 Å². The standard InChI is InChI=1S/C26H45N9O13S/c1-8-26(43,7-44-35-34-21(42)10-4-3-5-49-10)20(48-22-13(31-2)17(40)14(37)9(6-36)46-22)23(45-8)47-19-12(33-25(29)30)15(38)11(32-24(27)28)16(39)18(19)41/h3-5,8-9,11-20,22-23,31,35-41,43H,6-7H2,1-2H3,(H,34,42)(H4,27,28,32)(H4,29,30,33). The lowest BCUT2D eigenvalue weighted by Gasteiger charge is -2.45. The van der Waals surface area contributed by atoms with Crippen molar-refractivity contribution in [2.45, 2.75) is 98.2 Å². The monoisotopic (exact) mass is 723 g/mol. The maximum Gasteiger partial charge on any atom is 0.277 e. The predicted molar refractivity (Wildman–Crippen MR) is 168 cm³/mol. The molecule has 1 aliphatic carbocycles. The van der Waals surface area contributed by atoms with Crippen LogP contribution in [0, 0.1) is 0 Å². The smallest absolute Gasteiger partial charge is 0.277 e. The summed E-state index contributed by atoms with van der Waals surface area (Å²) in [6.45, 7) is 0.0504. The Kier molecular flexibility index (Phi) is 13.1. The van der Waals surface area contributed by atoms with Crippen LogP contribution in [0.5, 0.6) is 0 Å². The number of aliphatic hydroxyl groups excluding tert-OH is 6. The number of guanidine groups is 2. The fourth-order valence-corrected chi connectivity index (χ4v) is 6.47. The van der Waals surface area contributed by atoms with Crippen molar-refractivity contribution < 1.29 is 64.3 Å². The SMILES string of the molecule is CNC1C(OC2C(OC3C(O)C(O)C(N=C(N)N)C(O)C3N=C(N)N)OC(C)C2(O)CONNC(=O)c2cccs2)OC(CO)C(O)C1O. The van der Waals surface area contributed by atoms with E-state index in [1.54, 1.807) is 17.5 Å². The molecule has 1 aromatic rings. The zero-order valence-electron chi connectivity index (χ0n) is 26.4. The van der Waals surface area contributed by atoms with E-state index in [-0.39, 0.29) is 0 Å². The van der Waals surface area contributed by atoms with Crippen LogP contribution in [0.3, 0.4) is 0 Å². The first-order chi connectivity index (χ1) is 23.1. The number of aliphatic imine (C=N–C) groups is 2. The van der Waals surface area contributed by atoms with Gasteiger partial charge in [0.15, 0.2) is 24.5 Å². The van der Waals surface area contributed by atoms with Gasteiger partial charge >= 0.3 is 0 Å². The molecule has 49 heavy (non-hydrogen) atoms. The molecule has 3 aliphatic rings. The molecule has 22 nitrogen and oxygen atoms in total. The van der Waals surface area contributed by atoms with Gasteiger partial charge in [0.1, 0.15) is 73.1 Å². The molecule has 1 aromatic heterocycles. The molecule has 3 heterocycles. The molecule has 2 saturated heterocycles. The highest BCUT2D eigenvalue weighted by atomic mass is 32.1. The minimum absolute atomic E-state index is 0.363. The maximum absolute atomic E-state index is 12.3. The lowest BCUT2D eigenvalue weighted by atomic mass is 9.81. The molecule has 1 saturated carbocycles. The molecule has 3 fully saturated rings. The normalized spacial score (nSPS) is 40.8. The molecule has 2 aliphatic heterocycles. The lowest BCUT2D eigenvalue weighted by molar-refractivity contribution is -0.318. The van der Waals surface area contributed by atoms with Crippen molar-refractivity contribution in [2.75, 3.05) is 20.3 Å². The number of aliphatic hydroxyl groups is 7. The highest BCUT2D eigenvalue weighted by molar-refractivity contribution is 7.12. The number of nitrogens with zero attached hydrogens (tertiary/aromatic N) is 2. The van der Waals surface area contributed by atoms with E-state index in [0.717, 1.165) is 0 Å². The minimum atomic E-state index is -2.17. The third kappa shape index (κ3) is 8.38. The second kappa shape index (κ2) is 16.4. The highest BCUT2D eigenvalue weighted by Crippen LogP contribution is 2.39. The first-order valence-electron chi connectivity index (χ1n) is 15.0. The average molecular weight is 724 g/mol. The second-order valence-electron chi connectivity index (χ2n) is 11.7. The topological polar surface area (TPSA) is 370 Å². The predicted octanol–water partition coefficient (Wildman–Crippen LogP) is -7.43. The third-order valence-corrected chi connectivity index (χ3v) is 9.39. The molecule has 0 spiro atoms. The first-order valence-corrected chi connectivity index (χ1v) is 15.9. The zero-order valence-corrected chi connectivity index (χ0v) is 27.2. The summed E-state index contributed by atoms with van der Waals surface area (Å²) in [6, 6.07) is -0.890. The van der Waals surface area contributed by atoms with Crippen LogP contribution in [0.2, 0.25) is 0 Å². The van der Waals surface area contributed by atoms with Crippen molar-refractivity contribution in [3.05, 3.63) is 22.4 Å². The lowest BCUT2D eigenvalue weighted by Crippen LogP contribution is -2.67. The van der Waals surface area contributed by atoms with Gasteiger partial charge in [-0.15, -0.1) is 16.9 Å². The van der Waals surface area contributed by atoms with E-state index in [2.05, 4.69) is 26.3 Å². The van der Waals surface area contributed by atoms with E-state index in [9.17, 15) is 40.5 Å². The number of hydrazine groups is 1. The van der Waals surface area contributed by atoms with Crippen LogP contribution in [-0.4, -0.2) is 165 Å². The largest absolute Gasteiger partial charge is 0.394 e. The van der Waals surface area contributed by atoms with Gasteiger partial charge in [-0.1, -0.05) is 6.07 Å².